The zero-order valence-electron chi connectivity index (χ0n) is 15.0. The van der Waals surface area contributed by atoms with Crippen LogP contribution in [0, 0.1) is 11.6 Å². The topological polar surface area (TPSA) is 74.2 Å². The van der Waals surface area contributed by atoms with Gasteiger partial charge in [0.15, 0.2) is 0 Å². The number of carboxylic acids is 1. The Labute approximate surface area is 156 Å². The maximum atomic E-state index is 14.4. The van der Waals surface area contributed by atoms with Crippen molar-refractivity contribution >= 4 is 23.4 Å². The standard InChI is InChI=1S/C19H23F2N3O3/c20-16-12-18(17(21)11-13(16)1-2-19(25)26)24-9-5-14(6-10-24)23-27-15-3-7-22-8-4-15/h1-2,11-12,15,22H,3-10H2,(H,25,26)/b2-1+. The summed E-state index contributed by atoms with van der Waals surface area (Å²) in [5, 5.41) is 16.1. The van der Waals surface area contributed by atoms with Crippen molar-refractivity contribution in [2.24, 2.45) is 5.16 Å². The molecule has 2 aliphatic rings. The molecule has 6 nitrogen and oxygen atoms in total. The van der Waals surface area contributed by atoms with E-state index in [0.717, 1.165) is 55.9 Å². The van der Waals surface area contributed by atoms with Crippen molar-refractivity contribution < 1.29 is 23.5 Å². The number of rotatable bonds is 5. The average Bonchev–Trinajstić information content (AvgIpc) is 2.68. The average molecular weight is 379 g/mol. The van der Waals surface area contributed by atoms with Gasteiger partial charge in [-0.3, -0.25) is 0 Å². The van der Waals surface area contributed by atoms with Crippen LogP contribution in [0.5, 0.6) is 0 Å². The zero-order chi connectivity index (χ0) is 19.2. The van der Waals surface area contributed by atoms with Crippen LogP contribution in [0.1, 0.15) is 31.2 Å². The van der Waals surface area contributed by atoms with Crippen molar-refractivity contribution in [3.8, 4) is 0 Å². The van der Waals surface area contributed by atoms with Gasteiger partial charge in [-0.2, -0.15) is 0 Å². The molecule has 1 aromatic rings. The summed E-state index contributed by atoms with van der Waals surface area (Å²) in [6.07, 6.45) is 5.12. The van der Waals surface area contributed by atoms with Gasteiger partial charge in [-0.1, -0.05) is 5.16 Å². The second kappa shape index (κ2) is 8.94. The summed E-state index contributed by atoms with van der Waals surface area (Å²) in [4.78, 5) is 17.9. The SMILES string of the molecule is O=C(O)/C=C/c1cc(F)c(N2CCC(=NOC3CCNCC3)CC2)cc1F. The van der Waals surface area contributed by atoms with Crippen molar-refractivity contribution in [1.82, 2.24) is 5.32 Å². The molecular weight excluding hydrogens is 356 g/mol. The Bertz CT molecular complexity index is 736. The van der Waals surface area contributed by atoms with Crippen molar-refractivity contribution in [2.75, 3.05) is 31.1 Å². The van der Waals surface area contributed by atoms with E-state index in [1.165, 1.54) is 0 Å². The van der Waals surface area contributed by atoms with Crippen LogP contribution >= 0.6 is 0 Å². The molecule has 0 bridgehead atoms. The van der Waals surface area contributed by atoms with Gasteiger partial charge in [0.2, 0.25) is 0 Å². The fraction of sp³-hybridized carbons (Fsp3) is 0.474. The van der Waals surface area contributed by atoms with Gasteiger partial charge in [-0.25, -0.2) is 13.6 Å². The minimum Gasteiger partial charge on any atom is -0.478 e. The molecule has 0 atom stereocenters. The molecule has 1 aromatic carbocycles. The summed E-state index contributed by atoms with van der Waals surface area (Å²) in [5.41, 5.74) is 1.03. The maximum Gasteiger partial charge on any atom is 0.328 e. The Morgan fingerprint density at radius 2 is 1.93 bits per heavy atom. The van der Waals surface area contributed by atoms with Crippen molar-refractivity contribution in [3.63, 3.8) is 0 Å². The predicted octanol–water partition coefficient (Wildman–Crippen LogP) is 2.79. The number of aliphatic carboxylic acids is 1. The second-order valence-electron chi connectivity index (χ2n) is 6.70. The number of nitrogens with one attached hydrogen (secondary N) is 1. The van der Waals surface area contributed by atoms with Crippen LogP contribution in [-0.2, 0) is 9.63 Å². The highest BCUT2D eigenvalue weighted by Gasteiger charge is 2.21. The van der Waals surface area contributed by atoms with Gasteiger partial charge < -0.3 is 20.2 Å². The first-order valence-electron chi connectivity index (χ1n) is 9.10. The van der Waals surface area contributed by atoms with Crippen LogP contribution in [0.2, 0.25) is 0 Å². The number of hydrogen-bond donors (Lipinski definition) is 2. The smallest absolute Gasteiger partial charge is 0.328 e. The molecule has 0 spiro atoms. The first-order chi connectivity index (χ1) is 13.0. The molecule has 0 aromatic heterocycles. The van der Waals surface area contributed by atoms with E-state index in [2.05, 4.69) is 10.5 Å². The molecule has 2 heterocycles. The second-order valence-corrected chi connectivity index (χ2v) is 6.70. The summed E-state index contributed by atoms with van der Waals surface area (Å²) in [5.74, 6) is -2.45. The number of anilines is 1. The molecule has 2 fully saturated rings. The molecule has 0 amide bonds. The maximum absolute atomic E-state index is 14.4. The summed E-state index contributed by atoms with van der Waals surface area (Å²) < 4.78 is 28.5. The molecule has 146 valence electrons. The van der Waals surface area contributed by atoms with Crippen LogP contribution in [-0.4, -0.2) is 49.1 Å². The normalized spacial score (nSPS) is 18.7. The molecule has 0 aliphatic carbocycles. The zero-order valence-corrected chi connectivity index (χ0v) is 15.0. The molecule has 0 unspecified atom stereocenters. The van der Waals surface area contributed by atoms with Crippen LogP contribution in [0.15, 0.2) is 23.4 Å². The Morgan fingerprint density at radius 3 is 2.59 bits per heavy atom. The lowest BCUT2D eigenvalue weighted by atomic mass is 10.1. The number of carbonyl (C=O) groups is 1. The summed E-state index contributed by atoms with van der Waals surface area (Å²) in [6, 6.07) is 2.14. The minimum atomic E-state index is -1.21. The lowest BCUT2D eigenvalue weighted by Crippen LogP contribution is -2.35. The van der Waals surface area contributed by atoms with Crippen molar-refractivity contribution in [3.05, 3.63) is 35.4 Å². The summed E-state index contributed by atoms with van der Waals surface area (Å²) in [7, 11) is 0. The fourth-order valence-corrected chi connectivity index (χ4v) is 3.23. The van der Waals surface area contributed by atoms with Crippen LogP contribution < -0.4 is 10.2 Å². The Morgan fingerprint density at radius 1 is 1.22 bits per heavy atom. The van der Waals surface area contributed by atoms with Crippen LogP contribution in [0.4, 0.5) is 14.5 Å². The number of oxime groups is 1. The van der Waals surface area contributed by atoms with Crippen LogP contribution in [0.25, 0.3) is 6.08 Å². The lowest BCUT2D eigenvalue weighted by Gasteiger charge is -2.30. The molecule has 2 aliphatic heterocycles. The number of hydrogen-bond acceptors (Lipinski definition) is 5. The van der Waals surface area contributed by atoms with E-state index in [9.17, 15) is 13.6 Å². The highest BCUT2D eigenvalue weighted by Crippen LogP contribution is 2.26. The molecule has 2 saturated heterocycles. The van der Waals surface area contributed by atoms with E-state index >= 15 is 0 Å². The van der Waals surface area contributed by atoms with Gasteiger partial charge in [0.25, 0.3) is 0 Å². The number of carboxylic acid groups (broad SMARTS) is 1. The van der Waals surface area contributed by atoms with Gasteiger partial charge in [-0.05, 0) is 38.1 Å². The van der Waals surface area contributed by atoms with Gasteiger partial charge in [0.1, 0.15) is 17.7 Å². The molecule has 8 heteroatoms. The van der Waals surface area contributed by atoms with E-state index in [1.54, 1.807) is 4.90 Å². The largest absolute Gasteiger partial charge is 0.478 e. The molecule has 27 heavy (non-hydrogen) atoms. The third kappa shape index (κ3) is 5.26. The van der Waals surface area contributed by atoms with Gasteiger partial charge in [-0.15, -0.1) is 0 Å². The Kier molecular flexibility index (Phi) is 6.39. The third-order valence-electron chi connectivity index (χ3n) is 4.77. The number of benzene rings is 1. The van der Waals surface area contributed by atoms with Gasteiger partial charge >= 0.3 is 5.97 Å². The first kappa shape index (κ1) is 19.3. The minimum absolute atomic E-state index is 0.0896. The number of piperidine rings is 2. The molecular formula is C19H23F2N3O3. The highest BCUT2D eigenvalue weighted by molar-refractivity contribution is 5.86. The van der Waals surface area contributed by atoms with Crippen molar-refractivity contribution in [2.45, 2.75) is 31.8 Å². The quantitative estimate of drug-likeness (QED) is 0.608. The van der Waals surface area contributed by atoms with Crippen LogP contribution in [0.3, 0.4) is 0 Å². The Hall–Kier alpha value is -2.48. The summed E-state index contributed by atoms with van der Waals surface area (Å²) >= 11 is 0. The predicted molar refractivity (Wildman–Crippen MR) is 98.9 cm³/mol. The molecule has 2 N–H and O–H groups in total. The van der Waals surface area contributed by atoms with Gasteiger partial charge in [0.05, 0.1) is 11.4 Å². The fourth-order valence-electron chi connectivity index (χ4n) is 3.23. The van der Waals surface area contributed by atoms with Gasteiger partial charge in [0, 0.05) is 43.6 Å². The van der Waals surface area contributed by atoms with Crippen molar-refractivity contribution in [1.29, 1.82) is 0 Å². The third-order valence-corrected chi connectivity index (χ3v) is 4.77. The molecule has 3 rings (SSSR count). The lowest BCUT2D eigenvalue weighted by molar-refractivity contribution is -0.131. The summed E-state index contributed by atoms with van der Waals surface area (Å²) in [6.45, 7) is 2.92. The monoisotopic (exact) mass is 379 g/mol. The molecule has 0 radical (unpaired) electrons. The number of nitrogens with zero attached hydrogens (tertiary/aromatic N) is 2. The van der Waals surface area contributed by atoms with E-state index in [0.29, 0.717) is 25.9 Å². The Balaban J connectivity index is 1.60. The van der Waals surface area contributed by atoms with E-state index < -0.39 is 17.6 Å². The number of halogens is 2. The van der Waals surface area contributed by atoms with E-state index in [4.69, 9.17) is 9.94 Å². The molecule has 0 saturated carbocycles. The highest BCUT2D eigenvalue weighted by atomic mass is 19.1. The van der Waals surface area contributed by atoms with E-state index in [-0.39, 0.29) is 17.4 Å². The van der Waals surface area contributed by atoms with E-state index in [1.807, 2.05) is 0 Å². The first-order valence-corrected chi connectivity index (χ1v) is 9.10.